The van der Waals surface area contributed by atoms with Crippen LogP contribution in [0.4, 0.5) is 0 Å². The average molecular weight is 291 g/mol. The second kappa shape index (κ2) is 7.21. The first kappa shape index (κ1) is 16.4. The van der Waals surface area contributed by atoms with Crippen molar-refractivity contribution in [3.05, 3.63) is 0 Å². The van der Waals surface area contributed by atoms with Crippen molar-refractivity contribution < 1.29 is 13.2 Å². The Balaban J connectivity index is 2.58. The lowest BCUT2D eigenvalue weighted by Gasteiger charge is -2.27. The van der Waals surface area contributed by atoms with Crippen molar-refractivity contribution >= 4 is 15.9 Å². The van der Waals surface area contributed by atoms with E-state index in [0.29, 0.717) is 6.42 Å². The van der Waals surface area contributed by atoms with E-state index in [-0.39, 0.29) is 24.4 Å². The van der Waals surface area contributed by atoms with Crippen LogP contribution in [0.2, 0.25) is 0 Å². The first-order valence-electron chi connectivity index (χ1n) is 6.84. The summed E-state index contributed by atoms with van der Waals surface area (Å²) in [5.74, 6) is -0.552. The minimum atomic E-state index is -3.42. The Labute approximate surface area is 115 Å². The second-order valence-corrected chi connectivity index (χ2v) is 7.40. The third kappa shape index (κ3) is 5.46. The predicted molar refractivity (Wildman–Crippen MR) is 75.1 cm³/mol. The van der Waals surface area contributed by atoms with Gasteiger partial charge in [-0.2, -0.15) is 4.31 Å². The number of sulfonamides is 1. The number of primary amides is 1. The fraction of sp³-hybridized carbons (Fsp3) is 0.917. The molecule has 112 valence electrons. The van der Waals surface area contributed by atoms with E-state index in [1.807, 2.05) is 0 Å². The third-order valence-corrected chi connectivity index (χ3v) is 5.40. The van der Waals surface area contributed by atoms with Crippen molar-refractivity contribution in [3.63, 3.8) is 0 Å². The van der Waals surface area contributed by atoms with Crippen LogP contribution in [0.5, 0.6) is 0 Å². The molecule has 0 aliphatic carbocycles. The van der Waals surface area contributed by atoms with Crippen LogP contribution in [0, 0.1) is 0 Å². The summed E-state index contributed by atoms with van der Waals surface area (Å²) in [7, 11) is -3.42. The fourth-order valence-electron chi connectivity index (χ4n) is 2.33. The minimum Gasteiger partial charge on any atom is -0.369 e. The smallest absolute Gasteiger partial charge is 0.232 e. The highest BCUT2D eigenvalue weighted by Crippen LogP contribution is 2.14. The molecule has 19 heavy (non-hydrogen) atoms. The van der Waals surface area contributed by atoms with Crippen LogP contribution in [-0.2, 0) is 14.8 Å². The Hall–Kier alpha value is -0.660. The number of hydrogen-bond donors (Lipinski definition) is 2. The van der Waals surface area contributed by atoms with Crippen molar-refractivity contribution in [2.24, 2.45) is 5.73 Å². The van der Waals surface area contributed by atoms with Gasteiger partial charge < -0.3 is 11.1 Å². The highest BCUT2D eigenvalue weighted by atomic mass is 32.2. The average Bonchev–Trinajstić information content (AvgIpc) is 2.34. The summed E-state index contributed by atoms with van der Waals surface area (Å²) in [6.07, 6.45) is 3.91. The van der Waals surface area contributed by atoms with E-state index >= 15 is 0 Å². The fourth-order valence-corrected chi connectivity index (χ4v) is 4.12. The van der Waals surface area contributed by atoms with Gasteiger partial charge in [0.15, 0.2) is 0 Å². The highest BCUT2D eigenvalue weighted by Gasteiger charge is 2.27. The molecule has 1 aliphatic heterocycles. The minimum absolute atomic E-state index is 0.0656. The van der Waals surface area contributed by atoms with Gasteiger partial charge in [0.2, 0.25) is 15.9 Å². The number of carbonyl (C=O) groups is 1. The monoisotopic (exact) mass is 291 g/mol. The summed E-state index contributed by atoms with van der Waals surface area (Å²) >= 11 is 0. The van der Waals surface area contributed by atoms with Crippen molar-refractivity contribution in [1.82, 2.24) is 9.62 Å². The van der Waals surface area contributed by atoms with Crippen LogP contribution in [-0.4, -0.2) is 49.6 Å². The Kier molecular flexibility index (Phi) is 6.22. The van der Waals surface area contributed by atoms with E-state index in [1.165, 1.54) is 4.31 Å². The highest BCUT2D eigenvalue weighted by molar-refractivity contribution is 7.89. The SMILES string of the molecule is CC(C)N(CC(N)=O)S(=O)(=O)CCC1CCCCN1. The molecule has 1 amide bonds. The van der Waals surface area contributed by atoms with E-state index in [1.54, 1.807) is 13.8 Å². The zero-order valence-electron chi connectivity index (χ0n) is 11.8. The molecule has 3 N–H and O–H groups in total. The standard InChI is InChI=1S/C12H25N3O3S/c1-10(2)15(9-12(13)16)19(17,18)8-6-11-5-3-4-7-14-11/h10-11,14H,3-9H2,1-2H3,(H2,13,16). The maximum atomic E-state index is 12.2. The summed E-state index contributed by atoms with van der Waals surface area (Å²) in [6, 6.07) is 0.0166. The molecule has 1 atom stereocenters. The Bertz CT molecular complexity index is 389. The second-order valence-electron chi connectivity index (χ2n) is 5.36. The lowest BCUT2D eigenvalue weighted by molar-refractivity contribution is -0.118. The molecule has 6 nitrogen and oxygen atoms in total. The first-order valence-corrected chi connectivity index (χ1v) is 8.45. The first-order chi connectivity index (χ1) is 8.83. The summed E-state index contributed by atoms with van der Waals surface area (Å²) in [4.78, 5) is 11.0. The van der Waals surface area contributed by atoms with Gasteiger partial charge in [-0.15, -0.1) is 0 Å². The molecule has 0 aromatic rings. The molecule has 1 rings (SSSR count). The largest absolute Gasteiger partial charge is 0.369 e. The van der Waals surface area contributed by atoms with Crippen molar-refractivity contribution in [2.45, 2.75) is 51.6 Å². The molecule has 0 bridgehead atoms. The van der Waals surface area contributed by atoms with Crippen LogP contribution in [0.15, 0.2) is 0 Å². The molecule has 1 fully saturated rings. The third-order valence-electron chi connectivity index (χ3n) is 3.38. The molecular formula is C12H25N3O3S. The van der Waals surface area contributed by atoms with Gasteiger partial charge in [-0.05, 0) is 39.7 Å². The molecule has 1 aliphatic rings. The lowest BCUT2D eigenvalue weighted by atomic mass is 10.0. The molecule has 1 heterocycles. The number of amides is 1. The molecule has 0 radical (unpaired) electrons. The number of hydrogen-bond acceptors (Lipinski definition) is 4. The molecule has 0 aromatic heterocycles. The Morgan fingerprint density at radius 3 is 2.58 bits per heavy atom. The van der Waals surface area contributed by atoms with E-state index in [9.17, 15) is 13.2 Å². The molecule has 1 unspecified atom stereocenters. The number of nitrogens with zero attached hydrogens (tertiary/aromatic N) is 1. The summed E-state index contributed by atoms with van der Waals surface area (Å²) in [5.41, 5.74) is 5.11. The van der Waals surface area contributed by atoms with Gasteiger partial charge in [0.05, 0.1) is 12.3 Å². The molecular weight excluding hydrogens is 266 g/mol. The van der Waals surface area contributed by atoms with E-state index in [2.05, 4.69) is 5.32 Å². The van der Waals surface area contributed by atoms with Gasteiger partial charge in [-0.1, -0.05) is 6.42 Å². The van der Waals surface area contributed by atoms with Gasteiger partial charge in [-0.25, -0.2) is 8.42 Å². The number of carbonyl (C=O) groups excluding carboxylic acids is 1. The maximum Gasteiger partial charge on any atom is 0.232 e. The van der Waals surface area contributed by atoms with Gasteiger partial charge in [-0.3, -0.25) is 4.79 Å². The van der Waals surface area contributed by atoms with Crippen LogP contribution in [0.3, 0.4) is 0 Å². The van der Waals surface area contributed by atoms with Gasteiger partial charge in [0.25, 0.3) is 0 Å². The Morgan fingerprint density at radius 2 is 2.11 bits per heavy atom. The number of nitrogens with one attached hydrogen (secondary N) is 1. The van der Waals surface area contributed by atoms with Crippen LogP contribution in [0.25, 0.3) is 0 Å². The van der Waals surface area contributed by atoms with Crippen LogP contribution >= 0.6 is 0 Å². The number of nitrogens with two attached hydrogens (primary N) is 1. The van der Waals surface area contributed by atoms with E-state index < -0.39 is 15.9 Å². The molecule has 7 heteroatoms. The zero-order chi connectivity index (χ0) is 14.5. The molecule has 1 saturated heterocycles. The Morgan fingerprint density at radius 1 is 1.42 bits per heavy atom. The van der Waals surface area contributed by atoms with Gasteiger partial charge >= 0.3 is 0 Å². The summed E-state index contributed by atoms with van der Waals surface area (Å²) < 4.78 is 25.7. The molecule has 0 aromatic carbocycles. The summed E-state index contributed by atoms with van der Waals surface area (Å²) in [6.45, 7) is 4.22. The summed E-state index contributed by atoms with van der Waals surface area (Å²) in [5, 5.41) is 3.33. The van der Waals surface area contributed by atoms with Crippen molar-refractivity contribution in [2.75, 3.05) is 18.8 Å². The van der Waals surface area contributed by atoms with Crippen LogP contribution in [0.1, 0.15) is 39.5 Å². The number of rotatable bonds is 7. The lowest BCUT2D eigenvalue weighted by Crippen LogP contribution is -2.45. The normalized spacial score (nSPS) is 20.9. The molecule has 0 spiro atoms. The van der Waals surface area contributed by atoms with Crippen molar-refractivity contribution in [3.8, 4) is 0 Å². The number of piperidine rings is 1. The topological polar surface area (TPSA) is 92.5 Å². The van der Waals surface area contributed by atoms with Crippen LogP contribution < -0.4 is 11.1 Å². The van der Waals surface area contributed by atoms with Crippen molar-refractivity contribution in [1.29, 1.82) is 0 Å². The zero-order valence-corrected chi connectivity index (χ0v) is 12.6. The van der Waals surface area contributed by atoms with E-state index in [4.69, 9.17) is 5.73 Å². The van der Waals surface area contributed by atoms with Gasteiger partial charge in [0.1, 0.15) is 0 Å². The van der Waals surface area contributed by atoms with Gasteiger partial charge in [0, 0.05) is 12.1 Å². The van der Waals surface area contributed by atoms with E-state index in [0.717, 1.165) is 25.8 Å². The molecule has 0 saturated carbocycles. The quantitative estimate of drug-likeness (QED) is 0.693. The predicted octanol–water partition coefficient (Wildman–Crippen LogP) is 0.0441. The maximum absolute atomic E-state index is 12.2.